The Balaban J connectivity index is 1.57. The van der Waals surface area contributed by atoms with Crippen molar-refractivity contribution in [2.75, 3.05) is 20.0 Å². The molecule has 0 radical (unpaired) electrons. The van der Waals surface area contributed by atoms with Gasteiger partial charge >= 0.3 is 5.97 Å². The quantitative estimate of drug-likeness (QED) is 0.207. The van der Waals surface area contributed by atoms with Crippen molar-refractivity contribution in [3.05, 3.63) is 78.4 Å². The Labute approximate surface area is 223 Å². The molecular formula is C29H35NO6S. The summed E-state index contributed by atoms with van der Waals surface area (Å²) >= 11 is 1.26. The SMILES string of the molecule is C=CCCC[C@@H]1C[C@@H](OC(=O)c2ccccc2)C[C@](OC)([C@@H]2CSC(=O)N2Cc2ccc(OC)cc2)O1. The van der Waals surface area contributed by atoms with Crippen molar-refractivity contribution in [1.29, 1.82) is 0 Å². The topological polar surface area (TPSA) is 74.3 Å². The molecule has 0 saturated carbocycles. The maximum absolute atomic E-state index is 13.0. The highest BCUT2D eigenvalue weighted by Crippen LogP contribution is 2.43. The molecule has 2 aromatic carbocycles. The van der Waals surface area contributed by atoms with Crippen molar-refractivity contribution >= 4 is 23.0 Å². The summed E-state index contributed by atoms with van der Waals surface area (Å²) in [4.78, 5) is 27.7. The number of carbonyl (C=O) groups is 2. The largest absolute Gasteiger partial charge is 0.497 e. The zero-order valence-electron chi connectivity index (χ0n) is 21.5. The first-order chi connectivity index (χ1) is 18.0. The predicted octanol–water partition coefficient (Wildman–Crippen LogP) is 5.84. The summed E-state index contributed by atoms with van der Waals surface area (Å²) in [6, 6.07) is 16.3. The number of carbonyl (C=O) groups excluding carboxylic acids is 2. The summed E-state index contributed by atoms with van der Waals surface area (Å²) in [5, 5.41) is -0.0209. The summed E-state index contributed by atoms with van der Waals surface area (Å²) in [5.41, 5.74) is 1.49. The summed E-state index contributed by atoms with van der Waals surface area (Å²) in [5.74, 6) is -0.169. The smallest absolute Gasteiger partial charge is 0.338 e. The lowest BCUT2D eigenvalue weighted by Crippen LogP contribution is -2.60. The molecule has 2 aliphatic heterocycles. The average molecular weight is 526 g/mol. The Bertz CT molecular complexity index is 1060. The maximum atomic E-state index is 13.0. The normalized spacial score (nSPS) is 25.6. The van der Waals surface area contributed by atoms with Crippen LogP contribution in [-0.4, -0.2) is 60.1 Å². The van der Waals surface area contributed by atoms with Gasteiger partial charge < -0.3 is 23.8 Å². The van der Waals surface area contributed by atoms with Gasteiger partial charge in [0.2, 0.25) is 0 Å². The Morgan fingerprint density at radius 2 is 1.95 bits per heavy atom. The molecule has 2 heterocycles. The zero-order chi connectivity index (χ0) is 26.3. The predicted molar refractivity (Wildman–Crippen MR) is 144 cm³/mol. The highest BCUT2D eigenvalue weighted by Gasteiger charge is 2.54. The van der Waals surface area contributed by atoms with Gasteiger partial charge in [-0.15, -0.1) is 6.58 Å². The third kappa shape index (κ3) is 6.55. The number of thioether (sulfide) groups is 1. The Hall–Kier alpha value is -2.81. The number of rotatable bonds is 11. The van der Waals surface area contributed by atoms with Crippen molar-refractivity contribution in [1.82, 2.24) is 4.90 Å². The summed E-state index contributed by atoms with van der Waals surface area (Å²) in [6.07, 6.45) is 4.79. The van der Waals surface area contributed by atoms with E-state index in [1.165, 1.54) is 11.8 Å². The molecule has 0 aromatic heterocycles. The zero-order valence-corrected chi connectivity index (χ0v) is 22.3. The number of amides is 1. The van der Waals surface area contributed by atoms with Crippen LogP contribution in [0.4, 0.5) is 4.79 Å². The molecule has 0 aliphatic carbocycles. The maximum Gasteiger partial charge on any atom is 0.338 e. The first-order valence-electron chi connectivity index (χ1n) is 12.6. The van der Waals surface area contributed by atoms with Gasteiger partial charge in [0.1, 0.15) is 11.9 Å². The summed E-state index contributed by atoms with van der Waals surface area (Å²) < 4.78 is 24.0. The molecule has 0 spiro atoms. The molecule has 8 heteroatoms. The van der Waals surface area contributed by atoms with E-state index in [9.17, 15) is 9.59 Å². The first-order valence-corrected chi connectivity index (χ1v) is 13.6. The number of hydrogen-bond acceptors (Lipinski definition) is 7. The number of allylic oxidation sites excluding steroid dienone is 1. The summed E-state index contributed by atoms with van der Waals surface area (Å²) in [7, 11) is 3.24. The van der Waals surface area contributed by atoms with Gasteiger partial charge in [-0.3, -0.25) is 4.79 Å². The highest BCUT2D eigenvalue weighted by atomic mass is 32.2. The minimum absolute atomic E-state index is 0.0209. The highest BCUT2D eigenvalue weighted by molar-refractivity contribution is 8.13. The minimum atomic E-state index is -1.09. The summed E-state index contributed by atoms with van der Waals surface area (Å²) in [6.45, 7) is 4.24. The molecule has 4 atom stereocenters. The van der Waals surface area contributed by atoms with E-state index in [1.54, 1.807) is 26.4 Å². The van der Waals surface area contributed by atoms with Crippen LogP contribution in [0.1, 0.15) is 48.0 Å². The van der Waals surface area contributed by atoms with E-state index in [-0.39, 0.29) is 23.4 Å². The van der Waals surface area contributed by atoms with Crippen molar-refractivity contribution in [2.45, 2.75) is 62.7 Å². The molecule has 0 N–H and O–H groups in total. The van der Waals surface area contributed by atoms with Gasteiger partial charge in [-0.1, -0.05) is 48.2 Å². The van der Waals surface area contributed by atoms with E-state index in [0.29, 0.717) is 30.7 Å². The van der Waals surface area contributed by atoms with Crippen molar-refractivity contribution in [3.63, 3.8) is 0 Å². The van der Waals surface area contributed by atoms with E-state index >= 15 is 0 Å². The second-order valence-electron chi connectivity index (χ2n) is 9.38. The first kappa shape index (κ1) is 27.2. The molecule has 2 aliphatic rings. The Morgan fingerprint density at radius 1 is 1.19 bits per heavy atom. The van der Waals surface area contributed by atoms with Gasteiger partial charge in [-0.25, -0.2) is 4.79 Å². The molecule has 4 rings (SSSR count). The van der Waals surface area contributed by atoms with Crippen LogP contribution in [0.3, 0.4) is 0 Å². The third-order valence-corrected chi connectivity index (χ3v) is 7.93. The number of unbranched alkanes of at least 4 members (excludes halogenated alkanes) is 1. The molecule has 1 amide bonds. The van der Waals surface area contributed by atoms with Crippen LogP contribution < -0.4 is 4.74 Å². The molecule has 198 valence electrons. The van der Waals surface area contributed by atoms with Crippen molar-refractivity contribution < 1.29 is 28.5 Å². The van der Waals surface area contributed by atoms with Gasteiger partial charge in [0, 0.05) is 32.2 Å². The van der Waals surface area contributed by atoms with Gasteiger partial charge in [0.05, 0.1) is 24.8 Å². The molecular weight excluding hydrogens is 490 g/mol. The number of nitrogens with zero attached hydrogens (tertiary/aromatic N) is 1. The molecule has 0 bridgehead atoms. The van der Waals surface area contributed by atoms with E-state index in [1.807, 2.05) is 53.4 Å². The van der Waals surface area contributed by atoms with Crippen LogP contribution >= 0.6 is 11.8 Å². The van der Waals surface area contributed by atoms with Crippen molar-refractivity contribution in [2.24, 2.45) is 0 Å². The molecule has 7 nitrogen and oxygen atoms in total. The molecule has 0 unspecified atom stereocenters. The van der Waals surface area contributed by atoms with Crippen LogP contribution in [0.2, 0.25) is 0 Å². The molecule has 37 heavy (non-hydrogen) atoms. The number of methoxy groups -OCH3 is 2. The number of hydrogen-bond donors (Lipinski definition) is 0. The lowest BCUT2D eigenvalue weighted by molar-refractivity contribution is -0.304. The van der Waals surface area contributed by atoms with Crippen LogP contribution in [-0.2, 0) is 20.8 Å². The second-order valence-corrected chi connectivity index (χ2v) is 10.3. The monoisotopic (exact) mass is 525 g/mol. The van der Waals surface area contributed by atoms with Crippen LogP contribution in [0.5, 0.6) is 5.75 Å². The van der Waals surface area contributed by atoms with Gasteiger partial charge in [0.25, 0.3) is 5.24 Å². The van der Waals surface area contributed by atoms with E-state index in [0.717, 1.165) is 30.6 Å². The van der Waals surface area contributed by atoms with E-state index < -0.39 is 11.9 Å². The lowest BCUT2D eigenvalue weighted by atomic mass is 9.90. The molecule has 2 fully saturated rings. The standard InChI is InChI=1S/C29H35NO6S/c1-4-5-7-12-24-17-25(35-27(31)22-10-8-6-9-11-22)18-29(34-3,36-24)26-20-37-28(32)30(26)19-21-13-15-23(33-2)16-14-21/h4,6,8-11,13-16,24-26H,1,5,7,12,17-20H2,2-3H3/t24-,25-,26+,29-/m1/s1. The Kier molecular flexibility index (Phi) is 9.29. The second kappa shape index (κ2) is 12.6. The van der Waals surface area contributed by atoms with Gasteiger partial charge in [-0.2, -0.15) is 0 Å². The average Bonchev–Trinajstić information content (AvgIpc) is 3.29. The number of esters is 1. The van der Waals surface area contributed by atoms with Crippen LogP contribution in [0, 0.1) is 0 Å². The van der Waals surface area contributed by atoms with Gasteiger partial charge in [0.15, 0.2) is 5.79 Å². The minimum Gasteiger partial charge on any atom is -0.497 e. The van der Waals surface area contributed by atoms with Crippen molar-refractivity contribution in [3.8, 4) is 5.75 Å². The van der Waals surface area contributed by atoms with E-state index in [2.05, 4.69) is 6.58 Å². The lowest BCUT2D eigenvalue weighted by Gasteiger charge is -2.48. The molecule has 2 aromatic rings. The van der Waals surface area contributed by atoms with Crippen LogP contribution in [0.25, 0.3) is 0 Å². The molecule has 2 saturated heterocycles. The Morgan fingerprint density at radius 3 is 2.62 bits per heavy atom. The van der Waals surface area contributed by atoms with Crippen LogP contribution in [0.15, 0.2) is 67.3 Å². The number of benzene rings is 2. The fourth-order valence-corrected chi connectivity index (χ4v) is 6.11. The number of ether oxygens (including phenoxy) is 4. The third-order valence-electron chi connectivity index (χ3n) is 6.96. The van der Waals surface area contributed by atoms with Gasteiger partial charge in [-0.05, 0) is 49.1 Å². The van der Waals surface area contributed by atoms with E-state index in [4.69, 9.17) is 18.9 Å². The fraction of sp³-hybridized carbons (Fsp3) is 0.448. The fourth-order valence-electron chi connectivity index (χ4n) is 5.02.